The molecule has 0 radical (unpaired) electrons. The van der Waals surface area contributed by atoms with Crippen molar-refractivity contribution in [2.75, 3.05) is 18.0 Å². The highest BCUT2D eigenvalue weighted by atomic mass is 32.1. The predicted molar refractivity (Wildman–Crippen MR) is 74.7 cm³/mol. The van der Waals surface area contributed by atoms with Crippen LogP contribution in [0.3, 0.4) is 0 Å². The van der Waals surface area contributed by atoms with Crippen LogP contribution < -0.4 is 9.64 Å². The summed E-state index contributed by atoms with van der Waals surface area (Å²) in [4.78, 5) is 15.1. The van der Waals surface area contributed by atoms with Gasteiger partial charge >= 0.3 is 0 Å². The van der Waals surface area contributed by atoms with Crippen LogP contribution >= 0.6 is 11.3 Å². The van der Waals surface area contributed by atoms with Gasteiger partial charge in [0.25, 0.3) is 0 Å². The molecule has 1 saturated heterocycles. The molecule has 0 N–H and O–H groups in total. The van der Waals surface area contributed by atoms with Crippen molar-refractivity contribution in [2.45, 2.75) is 25.9 Å². The lowest BCUT2D eigenvalue weighted by Crippen LogP contribution is -2.38. The number of piperidine rings is 1. The van der Waals surface area contributed by atoms with E-state index in [1.54, 1.807) is 23.7 Å². The van der Waals surface area contributed by atoms with Crippen molar-refractivity contribution in [3.63, 3.8) is 0 Å². The van der Waals surface area contributed by atoms with Gasteiger partial charge < -0.3 is 9.64 Å². The topological polar surface area (TPSA) is 51.1 Å². The summed E-state index contributed by atoms with van der Waals surface area (Å²) in [6.07, 6.45) is 7.49. The van der Waals surface area contributed by atoms with Gasteiger partial charge in [-0.2, -0.15) is 0 Å². The molecule has 1 aliphatic rings. The minimum Gasteiger partial charge on any atom is -0.473 e. The Labute approximate surface area is 116 Å². The zero-order valence-electron chi connectivity index (χ0n) is 10.8. The highest BCUT2D eigenvalue weighted by Crippen LogP contribution is 2.23. The Bertz CT molecular complexity index is 523. The summed E-state index contributed by atoms with van der Waals surface area (Å²) < 4.78 is 5.88. The molecule has 3 heterocycles. The quantitative estimate of drug-likeness (QED) is 0.861. The SMILES string of the molecule is Cc1cncc(OC2CCN(c3nccs3)CC2)n1. The Morgan fingerprint density at radius 3 is 2.84 bits per heavy atom. The summed E-state index contributed by atoms with van der Waals surface area (Å²) in [7, 11) is 0. The maximum Gasteiger partial charge on any atom is 0.232 e. The molecule has 0 bridgehead atoms. The molecular weight excluding hydrogens is 260 g/mol. The molecule has 2 aromatic heterocycles. The summed E-state index contributed by atoms with van der Waals surface area (Å²) >= 11 is 1.69. The second-order valence-electron chi connectivity index (χ2n) is 4.62. The van der Waals surface area contributed by atoms with Crippen LogP contribution in [0.1, 0.15) is 18.5 Å². The largest absolute Gasteiger partial charge is 0.473 e. The van der Waals surface area contributed by atoms with Crippen LogP contribution in [-0.4, -0.2) is 34.1 Å². The Morgan fingerprint density at radius 1 is 1.32 bits per heavy atom. The molecule has 1 aliphatic heterocycles. The molecule has 0 spiro atoms. The fourth-order valence-corrected chi connectivity index (χ4v) is 2.90. The van der Waals surface area contributed by atoms with Crippen LogP contribution in [0.5, 0.6) is 5.88 Å². The number of thiazole rings is 1. The lowest BCUT2D eigenvalue weighted by molar-refractivity contribution is 0.163. The van der Waals surface area contributed by atoms with Gasteiger partial charge in [-0.3, -0.25) is 4.98 Å². The average molecular weight is 276 g/mol. The minimum atomic E-state index is 0.229. The maximum atomic E-state index is 5.88. The monoisotopic (exact) mass is 276 g/mol. The van der Waals surface area contributed by atoms with E-state index in [0.29, 0.717) is 5.88 Å². The van der Waals surface area contributed by atoms with Gasteiger partial charge in [-0.1, -0.05) is 0 Å². The van der Waals surface area contributed by atoms with Gasteiger partial charge in [0.1, 0.15) is 6.10 Å². The lowest BCUT2D eigenvalue weighted by Gasteiger charge is -2.31. The molecule has 0 amide bonds. The molecule has 0 saturated carbocycles. The van der Waals surface area contributed by atoms with Crippen molar-refractivity contribution in [3.8, 4) is 5.88 Å². The Balaban J connectivity index is 1.56. The van der Waals surface area contributed by atoms with Crippen molar-refractivity contribution in [3.05, 3.63) is 29.7 Å². The second-order valence-corrected chi connectivity index (χ2v) is 5.49. The zero-order valence-corrected chi connectivity index (χ0v) is 11.6. The maximum absolute atomic E-state index is 5.88. The van der Waals surface area contributed by atoms with Gasteiger partial charge in [-0.05, 0) is 6.92 Å². The van der Waals surface area contributed by atoms with Crippen molar-refractivity contribution in [2.24, 2.45) is 0 Å². The number of hydrogen-bond acceptors (Lipinski definition) is 6. The smallest absolute Gasteiger partial charge is 0.232 e. The van der Waals surface area contributed by atoms with E-state index >= 15 is 0 Å². The highest BCUT2D eigenvalue weighted by Gasteiger charge is 2.22. The first-order valence-electron chi connectivity index (χ1n) is 6.41. The highest BCUT2D eigenvalue weighted by molar-refractivity contribution is 7.13. The number of aryl methyl sites for hydroxylation is 1. The molecule has 0 unspecified atom stereocenters. The van der Waals surface area contributed by atoms with E-state index in [0.717, 1.165) is 36.8 Å². The standard InChI is InChI=1S/C13H16N4OS/c1-10-8-14-9-12(16-10)18-11-2-5-17(6-3-11)13-15-4-7-19-13/h4,7-9,11H,2-3,5-6H2,1H3. The third-order valence-corrected chi connectivity index (χ3v) is 3.98. The molecule has 0 aliphatic carbocycles. The molecule has 3 rings (SSSR count). The molecule has 0 aromatic carbocycles. The first kappa shape index (κ1) is 12.3. The number of rotatable bonds is 3. The van der Waals surface area contributed by atoms with E-state index in [1.165, 1.54) is 0 Å². The minimum absolute atomic E-state index is 0.229. The van der Waals surface area contributed by atoms with Crippen LogP contribution in [0, 0.1) is 6.92 Å². The van der Waals surface area contributed by atoms with Gasteiger partial charge in [-0.15, -0.1) is 11.3 Å². The van der Waals surface area contributed by atoms with Gasteiger partial charge in [0, 0.05) is 43.7 Å². The molecule has 19 heavy (non-hydrogen) atoms. The average Bonchev–Trinajstić information content (AvgIpc) is 2.94. The second kappa shape index (κ2) is 5.52. The molecule has 2 aromatic rings. The molecule has 5 nitrogen and oxygen atoms in total. The Kier molecular flexibility index (Phi) is 3.59. The number of anilines is 1. The first-order valence-corrected chi connectivity index (χ1v) is 7.29. The fourth-order valence-electron chi connectivity index (χ4n) is 2.21. The van der Waals surface area contributed by atoms with E-state index < -0.39 is 0 Å². The Morgan fingerprint density at radius 2 is 2.16 bits per heavy atom. The van der Waals surface area contributed by atoms with Crippen LogP contribution in [0.15, 0.2) is 24.0 Å². The summed E-state index contributed by atoms with van der Waals surface area (Å²) in [5.74, 6) is 0.632. The third-order valence-electron chi connectivity index (χ3n) is 3.15. The fraction of sp³-hybridized carbons (Fsp3) is 0.462. The van der Waals surface area contributed by atoms with E-state index in [4.69, 9.17) is 4.74 Å². The number of nitrogens with zero attached hydrogens (tertiary/aromatic N) is 4. The zero-order chi connectivity index (χ0) is 13.1. The van der Waals surface area contributed by atoms with Crippen LogP contribution in [0.4, 0.5) is 5.13 Å². The van der Waals surface area contributed by atoms with E-state index in [1.807, 2.05) is 18.5 Å². The number of hydrogen-bond donors (Lipinski definition) is 0. The lowest BCUT2D eigenvalue weighted by atomic mass is 10.1. The van der Waals surface area contributed by atoms with Crippen LogP contribution in [0.25, 0.3) is 0 Å². The van der Waals surface area contributed by atoms with Gasteiger partial charge in [-0.25, -0.2) is 9.97 Å². The van der Waals surface area contributed by atoms with E-state index in [9.17, 15) is 0 Å². The van der Waals surface area contributed by atoms with Crippen LogP contribution in [-0.2, 0) is 0 Å². The molecule has 100 valence electrons. The molecular formula is C13H16N4OS. The predicted octanol–water partition coefficient (Wildman–Crippen LogP) is 2.29. The van der Waals surface area contributed by atoms with Crippen molar-refractivity contribution in [1.82, 2.24) is 15.0 Å². The van der Waals surface area contributed by atoms with Crippen molar-refractivity contribution < 1.29 is 4.74 Å². The molecule has 1 fully saturated rings. The van der Waals surface area contributed by atoms with Crippen LogP contribution in [0.2, 0.25) is 0 Å². The third kappa shape index (κ3) is 3.01. The summed E-state index contributed by atoms with van der Waals surface area (Å²) in [5, 5.41) is 3.12. The van der Waals surface area contributed by atoms with Gasteiger partial charge in [0.2, 0.25) is 5.88 Å². The normalized spacial score (nSPS) is 16.6. The summed E-state index contributed by atoms with van der Waals surface area (Å²) in [6, 6.07) is 0. The van der Waals surface area contributed by atoms with Crippen molar-refractivity contribution >= 4 is 16.5 Å². The number of ether oxygens (including phenoxy) is 1. The number of aromatic nitrogens is 3. The van der Waals surface area contributed by atoms with E-state index in [-0.39, 0.29) is 6.10 Å². The molecule has 0 atom stereocenters. The van der Waals surface area contributed by atoms with E-state index in [2.05, 4.69) is 19.9 Å². The van der Waals surface area contributed by atoms with Gasteiger partial charge in [0.05, 0.1) is 11.9 Å². The summed E-state index contributed by atoms with van der Waals surface area (Å²) in [5.41, 5.74) is 0.887. The van der Waals surface area contributed by atoms with Crippen molar-refractivity contribution in [1.29, 1.82) is 0 Å². The first-order chi connectivity index (χ1) is 9.31. The Hall–Kier alpha value is -1.69. The van der Waals surface area contributed by atoms with Gasteiger partial charge in [0.15, 0.2) is 5.13 Å². The summed E-state index contributed by atoms with van der Waals surface area (Å²) in [6.45, 7) is 3.89. The molecule has 6 heteroatoms.